The fourth-order valence-electron chi connectivity index (χ4n) is 2.57. The van der Waals surface area contributed by atoms with Gasteiger partial charge in [-0.2, -0.15) is 0 Å². The lowest BCUT2D eigenvalue weighted by Gasteiger charge is -2.12. The highest BCUT2D eigenvalue weighted by Crippen LogP contribution is 2.32. The average Bonchev–Trinajstić information content (AvgIpc) is 2.90. The van der Waals surface area contributed by atoms with Crippen molar-refractivity contribution in [1.29, 1.82) is 0 Å². The average molecular weight is 382 g/mol. The first-order valence-electron chi connectivity index (χ1n) is 8.22. The van der Waals surface area contributed by atoms with Gasteiger partial charge in [0.15, 0.2) is 0 Å². The molecule has 1 N–H and O–H groups in total. The van der Waals surface area contributed by atoms with Crippen molar-refractivity contribution in [2.45, 2.75) is 6.92 Å². The molecule has 0 radical (unpaired) electrons. The van der Waals surface area contributed by atoms with Crippen LogP contribution in [-0.2, 0) is 9.59 Å². The van der Waals surface area contributed by atoms with Crippen molar-refractivity contribution >= 4 is 40.6 Å². The molecule has 0 aliphatic carbocycles. The minimum atomic E-state index is -0.462. The number of carbonyl (C=O) groups excluding carboxylic acids is 3. The maximum atomic E-state index is 12.5. The number of nitrogens with one attached hydrogen (secondary N) is 1. The third-order valence-corrected chi connectivity index (χ3v) is 4.80. The van der Waals surface area contributed by atoms with Gasteiger partial charge in [-0.25, -0.2) is 0 Å². The van der Waals surface area contributed by atoms with E-state index in [1.807, 2.05) is 31.2 Å². The Morgan fingerprint density at radius 1 is 1.19 bits per heavy atom. The third kappa shape index (κ3) is 4.57. The lowest BCUT2D eigenvalue weighted by molar-refractivity contribution is -0.127. The normalized spacial score (nSPS) is 15.3. The molecule has 1 saturated heterocycles. The Hall–Kier alpha value is -3.06. The highest BCUT2D eigenvalue weighted by molar-refractivity contribution is 8.18. The van der Waals surface area contributed by atoms with Crippen LogP contribution in [0.4, 0.5) is 10.5 Å². The number of imide groups is 1. The molecule has 7 heteroatoms. The van der Waals surface area contributed by atoms with Crippen LogP contribution in [0.25, 0.3) is 6.08 Å². The zero-order valence-corrected chi connectivity index (χ0v) is 15.7. The van der Waals surface area contributed by atoms with Crippen LogP contribution in [-0.4, -0.2) is 35.6 Å². The molecule has 2 aromatic carbocycles. The van der Waals surface area contributed by atoms with Crippen LogP contribution in [0, 0.1) is 6.92 Å². The first kappa shape index (κ1) is 18.7. The smallest absolute Gasteiger partial charge is 0.294 e. The molecule has 0 atom stereocenters. The Balaban J connectivity index is 1.67. The molecule has 1 heterocycles. The quantitative estimate of drug-likeness (QED) is 0.799. The van der Waals surface area contributed by atoms with E-state index in [2.05, 4.69) is 5.32 Å². The summed E-state index contributed by atoms with van der Waals surface area (Å²) in [6, 6.07) is 14.4. The lowest BCUT2D eigenvalue weighted by Crippen LogP contribution is -2.36. The van der Waals surface area contributed by atoms with Gasteiger partial charge in [0, 0.05) is 5.69 Å². The molecule has 0 saturated carbocycles. The molecule has 3 rings (SSSR count). The number of hydrogen-bond acceptors (Lipinski definition) is 5. The first-order chi connectivity index (χ1) is 13.0. The predicted molar refractivity (Wildman–Crippen MR) is 105 cm³/mol. The van der Waals surface area contributed by atoms with Crippen LogP contribution in [0.5, 0.6) is 5.75 Å². The van der Waals surface area contributed by atoms with Gasteiger partial charge in [0.25, 0.3) is 11.1 Å². The SMILES string of the molecule is COc1ccc(NC(=O)CN2C(=O)S/C(=C/c3cccc(C)c3)C2=O)cc1. The predicted octanol–water partition coefficient (Wildman–Crippen LogP) is 3.68. The Bertz CT molecular complexity index is 922. The summed E-state index contributed by atoms with van der Waals surface area (Å²) in [4.78, 5) is 38.1. The second-order valence-corrected chi connectivity index (χ2v) is 6.95. The number of ether oxygens (including phenoxy) is 1. The van der Waals surface area contributed by atoms with Crippen molar-refractivity contribution in [3.63, 3.8) is 0 Å². The second kappa shape index (κ2) is 8.09. The molecule has 1 fully saturated rings. The van der Waals surface area contributed by atoms with Gasteiger partial charge < -0.3 is 10.1 Å². The van der Waals surface area contributed by atoms with E-state index in [0.29, 0.717) is 16.3 Å². The van der Waals surface area contributed by atoms with Crippen LogP contribution in [0.3, 0.4) is 0 Å². The number of hydrogen-bond donors (Lipinski definition) is 1. The van der Waals surface area contributed by atoms with Gasteiger partial charge >= 0.3 is 0 Å². The van der Waals surface area contributed by atoms with E-state index >= 15 is 0 Å². The molecule has 6 nitrogen and oxygen atoms in total. The molecule has 1 aliphatic rings. The van der Waals surface area contributed by atoms with Crippen LogP contribution >= 0.6 is 11.8 Å². The summed E-state index contributed by atoms with van der Waals surface area (Å²) in [6.07, 6.45) is 1.67. The number of methoxy groups -OCH3 is 1. The number of thioether (sulfide) groups is 1. The second-order valence-electron chi connectivity index (χ2n) is 5.96. The van der Waals surface area contributed by atoms with E-state index in [1.165, 1.54) is 0 Å². The van der Waals surface area contributed by atoms with Gasteiger partial charge in [-0.15, -0.1) is 0 Å². The molecule has 0 spiro atoms. The van der Waals surface area contributed by atoms with Gasteiger partial charge in [-0.05, 0) is 54.6 Å². The first-order valence-corrected chi connectivity index (χ1v) is 9.04. The molecule has 0 unspecified atom stereocenters. The van der Waals surface area contributed by atoms with E-state index in [4.69, 9.17) is 4.74 Å². The van der Waals surface area contributed by atoms with E-state index in [0.717, 1.165) is 27.8 Å². The van der Waals surface area contributed by atoms with Crippen molar-refractivity contribution < 1.29 is 19.1 Å². The summed E-state index contributed by atoms with van der Waals surface area (Å²) in [5.74, 6) is -0.240. The fourth-order valence-corrected chi connectivity index (χ4v) is 3.40. The zero-order chi connectivity index (χ0) is 19.4. The molecule has 27 heavy (non-hydrogen) atoms. The van der Waals surface area contributed by atoms with Gasteiger partial charge in [-0.1, -0.05) is 29.8 Å². The van der Waals surface area contributed by atoms with Crippen LogP contribution in [0.1, 0.15) is 11.1 Å². The van der Waals surface area contributed by atoms with Gasteiger partial charge in [0.1, 0.15) is 12.3 Å². The Morgan fingerprint density at radius 3 is 2.59 bits per heavy atom. The topological polar surface area (TPSA) is 75.7 Å². The summed E-state index contributed by atoms with van der Waals surface area (Å²) in [5.41, 5.74) is 2.45. The van der Waals surface area contributed by atoms with E-state index in [1.54, 1.807) is 37.5 Å². The molecular formula is C20H18N2O4S. The summed E-state index contributed by atoms with van der Waals surface area (Å²) >= 11 is 0.838. The highest BCUT2D eigenvalue weighted by atomic mass is 32.2. The van der Waals surface area contributed by atoms with E-state index in [-0.39, 0.29) is 6.54 Å². The minimum Gasteiger partial charge on any atom is -0.497 e. The van der Waals surface area contributed by atoms with Crippen LogP contribution in [0.2, 0.25) is 0 Å². The number of aryl methyl sites for hydroxylation is 1. The number of rotatable bonds is 5. The maximum Gasteiger partial charge on any atom is 0.294 e. The van der Waals surface area contributed by atoms with Crippen molar-refractivity contribution in [3.05, 3.63) is 64.6 Å². The number of nitrogens with zero attached hydrogens (tertiary/aromatic N) is 1. The van der Waals surface area contributed by atoms with Crippen molar-refractivity contribution in [2.75, 3.05) is 19.0 Å². The molecular weight excluding hydrogens is 364 g/mol. The summed E-state index contributed by atoms with van der Waals surface area (Å²) in [5, 5.41) is 2.21. The van der Waals surface area contributed by atoms with Crippen LogP contribution < -0.4 is 10.1 Å². The lowest BCUT2D eigenvalue weighted by atomic mass is 10.1. The summed E-state index contributed by atoms with van der Waals surface area (Å²) < 4.78 is 5.06. The summed E-state index contributed by atoms with van der Waals surface area (Å²) in [7, 11) is 1.55. The minimum absolute atomic E-state index is 0.308. The molecule has 0 aromatic heterocycles. The van der Waals surface area contributed by atoms with E-state index in [9.17, 15) is 14.4 Å². The summed E-state index contributed by atoms with van der Waals surface area (Å²) in [6.45, 7) is 1.62. The molecule has 0 bridgehead atoms. The molecule has 138 valence electrons. The fraction of sp³-hybridized carbons (Fsp3) is 0.150. The van der Waals surface area contributed by atoms with Gasteiger partial charge in [0.05, 0.1) is 12.0 Å². The Labute approximate surface area is 161 Å². The van der Waals surface area contributed by atoms with Crippen LogP contribution in [0.15, 0.2) is 53.4 Å². The largest absolute Gasteiger partial charge is 0.497 e. The Morgan fingerprint density at radius 2 is 1.93 bits per heavy atom. The van der Waals surface area contributed by atoms with Crippen molar-refractivity contribution in [2.24, 2.45) is 0 Å². The third-order valence-electron chi connectivity index (χ3n) is 3.89. The zero-order valence-electron chi connectivity index (χ0n) is 14.9. The molecule has 1 aliphatic heterocycles. The number of benzene rings is 2. The van der Waals surface area contributed by atoms with Crippen molar-refractivity contribution in [1.82, 2.24) is 4.90 Å². The number of anilines is 1. The highest BCUT2D eigenvalue weighted by Gasteiger charge is 2.36. The maximum absolute atomic E-state index is 12.5. The molecule has 2 aromatic rings. The monoisotopic (exact) mass is 382 g/mol. The standard InChI is InChI=1S/C20H18N2O4S/c1-13-4-3-5-14(10-13)11-17-19(24)22(20(25)27-17)12-18(23)21-15-6-8-16(26-2)9-7-15/h3-11H,12H2,1-2H3,(H,21,23)/b17-11+. The number of amides is 3. The Kier molecular flexibility index (Phi) is 5.61. The molecule has 3 amide bonds. The van der Waals surface area contributed by atoms with Gasteiger partial charge in [-0.3, -0.25) is 19.3 Å². The van der Waals surface area contributed by atoms with Crippen molar-refractivity contribution in [3.8, 4) is 5.75 Å². The van der Waals surface area contributed by atoms with Gasteiger partial charge in [0.2, 0.25) is 5.91 Å². The number of carbonyl (C=O) groups is 3. The van der Waals surface area contributed by atoms with E-state index < -0.39 is 17.1 Å².